The average Bonchev–Trinajstić information content (AvgIpc) is 3.26. The third kappa shape index (κ3) is 5.18. The van der Waals surface area contributed by atoms with E-state index < -0.39 is 11.8 Å². The monoisotopic (exact) mass is 395 g/mol. The van der Waals surface area contributed by atoms with Crippen LogP contribution in [0.1, 0.15) is 26.5 Å². The highest BCUT2D eigenvalue weighted by atomic mass is 32.1. The minimum Gasteiger partial charge on any atom is -0.488 e. The molecule has 0 saturated carbocycles. The summed E-state index contributed by atoms with van der Waals surface area (Å²) in [7, 11) is 0. The highest BCUT2D eigenvalue weighted by Crippen LogP contribution is 2.19. The lowest BCUT2D eigenvalue weighted by atomic mass is 10.2. The lowest BCUT2D eigenvalue weighted by Gasteiger charge is -2.13. The summed E-state index contributed by atoms with van der Waals surface area (Å²) in [6, 6.07) is 19.5. The lowest BCUT2D eigenvalue weighted by molar-refractivity contribution is 0.0924. The zero-order valence-corrected chi connectivity index (χ0v) is 15.5. The number of hydrogen-bond donors (Lipinski definition) is 3. The smallest absolute Gasteiger partial charge is 0.293 e. The SMILES string of the molecule is O=C(NC(=S)NNC(=O)c1ccccc1OCc1ccccc1)c1ccco1. The van der Waals surface area contributed by atoms with Gasteiger partial charge in [-0.05, 0) is 42.0 Å². The predicted octanol–water partition coefficient (Wildman–Crippen LogP) is 2.81. The van der Waals surface area contributed by atoms with Gasteiger partial charge in [-0.1, -0.05) is 42.5 Å². The third-order valence-electron chi connectivity index (χ3n) is 3.63. The van der Waals surface area contributed by atoms with Crippen molar-refractivity contribution in [2.24, 2.45) is 0 Å². The number of ether oxygens (including phenoxy) is 1. The number of rotatable bonds is 5. The maximum Gasteiger partial charge on any atom is 0.293 e. The topological polar surface area (TPSA) is 92.6 Å². The fourth-order valence-corrected chi connectivity index (χ4v) is 2.44. The largest absolute Gasteiger partial charge is 0.488 e. The maximum atomic E-state index is 12.5. The minimum atomic E-state index is -0.525. The van der Waals surface area contributed by atoms with Crippen LogP contribution in [0.2, 0.25) is 0 Å². The zero-order valence-electron chi connectivity index (χ0n) is 14.7. The summed E-state index contributed by atoms with van der Waals surface area (Å²) in [6.07, 6.45) is 1.37. The molecule has 0 aliphatic rings. The van der Waals surface area contributed by atoms with Gasteiger partial charge in [0.1, 0.15) is 12.4 Å². The highest BCUT2D eigenvalue weighted by Gasteiger charge is 2.14. The van der Waals surface area contributed by atoms with Crippen molar-refractivity contribution in [3.63, 3.8) is 0 Å². The Bertz CT molecular complexity index is 959. The van der Waals surface area contributed by atoms with Crippen LogP contribution in [0.5, 0.6) is 5.75 Å². The van der Waals surface area contributed by atoms with Gasteiger partial charge >= 0.3 is 0 Å². The van der Waals surface area contributed by atoms with E-state index in [1.807, 2.05) is 30.3 Å². The Labute approximate surface area is 166 Å². The molecular formula is C20H17N3O4S. The van der Waals surface area contributed by atoms with E-state index in [0.717, 1.165) is 5.56 Å². The van der Waals surface area contributed by atoms with Gasteiger partial charge < -0.3 is 9.15 Å². The number of para-hydroxylation sites is 1. The molecule has 142 valence electrons. The molecular weight excluding hydrogens is 378 g/mol. The Hall–Kier alpha value is -3.65. The van der Waals surface area contributed by atoms with Crippen molar-refractivity contribution in [2.75, 3.05) is 0 Å². The molecule has 0 spiro atoms. The van der Waals surface area contributed by atoms with Gasteiger partial charge in [-0.15, -0.1) is 0 Å². The van der Waals surface area contributed by atoms with Crippen molar-refractivity contribution in [3.8, 4) is 5.75 Å². The molecule has 0 radical (unpaired) electrons. The molecule has 1 heterocycles. The van der Waals surface area contributed by atoms with Crippen LogP contribution >= 0.6 is 12.2 Å². The fourth-order valence-electron chi connectivity index (χ4n) is 2.30. The average molecular weight is 395 g/mol. The van der Waals surface area contributed by atoms with Gasteiger partial charge in [-0.2, -0.15) is 0 Å². The van der Waals surface area contributed by atoms with Crippen molar-refractivity contribution < 1.29 is 18.7 Å². The van der Waals surface area contributed by atoms with Crippen molar-refractivity contribution >= 4 is 29.1 Å². The number of thiocarbonyl (C=S) groups is 1. The molecule has 8 heteroatoms. The Balaban J connectivity index is 1.55. The zero-order chi connectivity index (χ0) is 19.8. The van der Waals surface area contributed by atoms with Gasteiger partial charge in [0.05, 0.1) is 11.8 Å². The van der Waals surface area contributed by atoms with Crippen LogP contribution in [0, 0.1) is 0 Å². The molecule has 0 aliphatic carbocycles. The summed E-state index contributed by atoms with van der Waals surface area (Å²) in [5.41, 5.74) is 6.22. The van der Waals surface area contributed by atoms with Crippen molar-refractivity contribution in [2.45, 2.75) is 6.61 Å². The van der Waals surface area contributed by atoms with E-state index in [4.69, 9.17) is 21.4 Å². The Kier molecular flexibility index (Phi) is 6.37. The van der Waals surface area contributed by atoms with Crippen LogP contribution in [0.15, 0.2) is 77.4 Å². The molecule has 7 nitrogen and oxygen atoms in total. The molecule has 2 aromatic carbocycles. The van der Waals surface area contributed by atoms with Crippen LogP contribution in [-0.4, -0.2) is 16.9 Å². The summed E-state index contributed by atoms with van der Waals surface area (Å²) < 4.78 is 10.7. The first-order valence-corrected chi connectivity index (χ1v) is 8.75. The second kappa shape index (κ2) is 9.33. The Morgan fingerprint density at radius 2 is 1.64 bits per heavy atom. The number of hydrazine groups is 1. The summed E-state index contributed by atoms with van der Waals surface area (Å²) >= 11 is 4.99. The van der Waals surface area contributed by atoms with E-state index in [0.29, 0.717) is 17.9 Å². The molecule has 3 aromatic rings. The first kappa shape index (κ1) is 19.1. The van der Waals surface area contributed by atoms with Gasteiger partial charge in [0.2, 0.25) is 0 Å². The second-order valence-electron chi connectivity index (χ2n) is 5.61. The standard InChI is InChI=1S/C20H17N3O4S/c24-18(22-23-20(28)21-19(25)17-11-6-12-26-17)15-9-4-5-10-16(15)27-13-14-7-2-1-3-8-14/h1-12H,13H2,(H,22,24)(H2,21,23,25,28). The first-order valence-electron chi connectivity index (χ1n) is 8.34. The Morgan fingerprint density at radius 3 is 2.39 bits per heavy atom. The summed E-state index contributed by atoms with van der Waals surface area (Å²) in [5.74, 6) is -0.451. The van der Waals surface area contributed by atoms with Gasteiger partial charge in [0, 0.05) is 0 Å². The van der Waals surface area contributed by atoms with Crippen LogP contribution in [-0.2, 0) is 6.61 Å². The van der Waals surface area contributed by atoms with Crippen LogP contribution in [0.4, 0.5) is 0 Å². The number of benzene rings is 2. The lowest BCUT2D eigenvalue weighted by Crippen LogP contribution is -2.48. The molecule has 2 amide bonds. The molecule has 3 N–H and O–H groups in total. The molecule has 3 rings (SSSR count). The molecule has 0 atom stereocenters. The van der Waals surface area contributed by atoms with Crippen molar-refractivity contribution in [1.82, 2.24) is 16.2 Å². The number of hydrogen-bond acceptors (Lipinski definition) is 5. The molecule has 0 bridgehead atoms. The van der Waals surface area contributed by atoms with Crippen LogP contribution < -0.4 is 20.9 Å². The van der Waals surface area contributed by atoms with Crippen LogP contribution in [0.25, 0.3) is 0 Å². The predicted molar refractivity (Wildman–Crippen MR) is 107 cm³/mol. The summed E-state index contributed by atoms with van der Waals surface area (Å²) in [6.45, 7) is 0.330. The van der Waals surface area contributed by atoms with Crippen LogP contribution in [0.3, 0.4) is 0 Å². The molecule has 0 saturated heterocycles. The van der Waals surface area contributed by atoms with E-state index in [2.05, 4.69) is 16.2 Å². The highest BCUT2D eigenvalue weighted by molar-refractivity contribution is 7.80. The number of carbonyl (C=O) groups excluding carboxylic acids is 2. The first-order chi connectivity index (χ1) is 13.6. The maximum absolute atomic E-state index is 12.5. The van der Waals surface area contributed by atoms with Gasteiger partial charge in [-0.3, -0.25) is 25.8 Å². The summed E-state index contributed by atoms with van der Waals surface area (Å²) in [4.78, 5) is 24.3. The molecule has 28 heavy (non-hydrogen) atoms. The number of amides is 2. The number of carbonyl (C=O) groups is 2. The second-order valence-corrected chi connectivity index (χ2v) is 6.02. The molecule has 1 aromatic heterocycles. The third-order valence-corrected chi connectivity index (χ3v) is 3.83. The van der Waals surface area contributed by atoms with E-state index in [-0.39, 0.29) is 10.9 Å². The number of nitrogens with one attached hydrogen (secondary N) is 3. The fraction of sp³-hybridized carbons (Fsp3) is 0.0500. The van der Waals surface area contributed by atoms with E-state index in [1.165, 1.54) is 12.3 Å². The van der Waals surface area contributed by atoms with E-state index in [9.17, 15) is 9.59 Å². The summed E-state index contributed by atoms with van der Waals surface area (Å²) in [5, 5.41) is 2.32. The van der Waals surface area contributed by atoms with E-state index in [1.54, 1.807) is 30.3 Å². The van der Waals surface area contributed by atoms with Crippen molar-refractivity contribution in [1.29, 1.82) is 0 Å². The Morgan fingerprint density at radius 1 is 0.893 bits per heavy atom. The van der Waals surface area contributed by atoms with E-state index >= 15 is 0 Å². The molecule has 0 aliphatic heterocycles. The molecule has 0 unspecified atom stereocenters. The molecule has 0 fully saturated rings. The minimum absolute atomic E-state index is 0.0718. The van der Waals surface area contributed by atoms with Gasteiger partial charge in [-0.25, -0.2) is 0 Å². The normalized spacial score (nSPS) is 10.0. The number of furan rings is 1. The van der Waals surface area contributed by atoms with Crippen molar-refractivity contribution in [3.05, 3.63) is 89.9 Å². The van der Waals surface area contributed by atoms with Gasteiger partial charge in [0.25, 0.3) is 11.8 Å². The van der Waals surface area contributed by atoms with Gasteiger partial charge in [0.15, 0.2) is 10.9 Å². The quantitative estimate of drug-likeness (QED) is 0.454.